The van der Waals surface area contributed by atoms with Crippen LogP contribution in [0.1, 0.15) is 38.5 Å². The molecule has 2 N–H and O–H groups in total. The maximum atomic E-state index is 12.0. The molecular formula is C16H21N3O2. The van der Waals surface area contributed by atoms with Crippen LogP contribution in [-0.2, 0) is 11.8 Å². The molecule has 112 valence electrons. The Morgan fingerprint density at radius 2 is 2.14 bits per heavy atom. The van der Waals surface area contributed by atoms with E-state index in [0.717, 1.165) is 29.1 Å². The first kappa shape index (κ1) is 13.9. The zero-order chi connectivity index (χ0) is 14.8. The van der Waals surface area contributed by atoms with E-state index >= 15 is 0 Å². The Morgan fingerprint density at radius 3 is 2.90 bits per heavy atom. The summed E-state index contributed by atoms with van der Waals surface area (Å²) in [6.45, 7) is 0. The highest BCUT2D eigenvalue weighted by atomic mass is 16.2. The molecule has 5 heteroatoms. The van der Waals surface area contributed by atoms with E-state index in [9.17, 15) is 9.59 Å². The van der Waals surface area contributed by atoms with Crippen molar-refractivity contribution in [2.24, 2.45) is 13.0 Å². The summed E-state index contributed by atoms with van der Waals surface area (Å²) in [6.07, 6.45) is 6.72. The minimum Gasteiger partial charge on any atom is -0.326 e. The lowest BCUT2D eigenvalue weighted by Gasteiger charge is -2.09. The van der Waals surface area contributed by atoms with Gasteiger partial charge in [-0.3, -0.25) is 9.36 Å². The molecule has 21 heavy (non-hydrogen) atoms. The number of amides is 1. The lowest BCUT2D eigenvalue weighted by molar-refractivity contribution is -0.116. The fourth-order valence-corrected chi connectivity index (χ4v) is 3.16. The van der Waals surface area contributed by atoms with Crippen molar-refractivity contribution in [1.29, 1.82) is 0 Å². The highest BCUT2D eigenvalue weighted by Gasteiger charge is 2.16. The van der Waals surface area contributed by atoms with Gasteiger partial charge in [0.25, 0.3) is 0 Å². The molecular weight excluding hydrogens is 266 g/mol. The normalized spacial score (nSPS) is 15.7. The summed E-state index contributed by atoms with van der Waals surface area (Å²) in [5.41, 5.74) is 2.18. The van der Waals surface area contributed by atoms with Crippen molar-refractivity contribution in [2.75, 3.05) is 5.32 Å². The van der Waals surface area contributed by atoms with Gasteiger partial charge in [0.15, 0.2) is 0 Å². The number of imidazole rings is 1. The van der Waals surface area contributed by atoms with Crippen LogP contribution in [-0.4, -0.2) is 15.5 Å². The van der Waals surface area contributed by atoms with E-state index in [1.165, 1.54) is 25.7 Å². The Hall–Kier alpha value is -2.04. The molecule has 0 atom stereocenters. The number of aromatic nitrogens is 2. The summed E-state index contributed by atoms with van der Waals surface area (Å²) in [7, 11) is 1.72. The van der Waals surface area contributed by atoms with Crippen LogP contribution in [0.5, 0.6) is 0 Å². The zero-order valence-electron chi connectivity index (χ0n) is 12.3. The second-order valence-corrected chi connectivity index (χ2v) is 5.96. The summed E-state index contributed by atoms with van der Waals surface area (Å²) in [4.78, 5) is 26.3. The number of anilines is 1. The SMILES string of the molecule is Cn1c(=O)[nH]c2ccc(NC(=O)CCC3CCCC3)cc21. The summed E-state index contributed by atoms with van der Waals surface area (Å²) < 4.78 is 1.55. The van der Waals surface area contributed by atoms with Crippen molar-refractivity contribution >= 4 is 22.6 Å². The highest BCUT2D eigenvalue weighted by Crippen LogP contribution is 2.28. The average molecular weight is 287 g/mol. The Balaban J connectivity index is 1.65. The largest absolute Gasteiger partial charge is 0.326 e. The summed E-state index contributed by atoms with van der Waals surface area (Å²) >= 11 is 0. The molecule has 1 fully saturated rings. The molecule has 0 saturated heterocycles. The smallest absolute Gasteiger partial charge is 0.326 e. The van der Waals surface area contributed by atoms with Gasteiger partial charge < -0.3 is 10.3 Å². The number of aromatic amines is 1. The van der Waals surface area contributed by atoms with Gasteiger partial charge in [0, 0.05) is 19.2 Å². The van der Waals surface area contributed by atoms with E-state index < -0.39 is 0 Å². The number of nitrogens with one attached hydrogen (secondary N) is 2. The van der Waals surface area contributed by atoms with Crippen molar-refractivity contribution in [2.45, 2.75) is 38.5 Å². The Kier molecular flexibility index (Phi) is 3.82. The molecule has 1 saturated carbocycles. The summed E-state index contributed by atoms with van der Waals surface area (Å²) in [5, 5.41) is 2.93. The van der Waals surface area contributed by atoms with Crippen molar-refractivity contribution in [3.05, 3.63) is 28.7 Å². The first-order valence-corrected chi connectivity index (χ1v) is 7.62. The third kappa shape index (κ3) is 3.01. The fourth-order valence-electron chi connectivity index (χ4n) is 3.16. The standard InChI is InChI=1S/C16H21N3O2/c1-19-14-10-12(7-8-13(14)18-16(19)21)17-15(20)9-6-11-4-2-3-5-11/h7-8,10-11H,2-6,9H2,1H3,(H,17,20)(H,18,21). The molecule has 0 aliphatic heterocycles. The maximum absolute atomic E-state index is 12.0. The van der Waals surface area contributed by atoms with Gasteiger partial charge in [-0.15, -0.1) is 0 Å². The molecule has 1 aliphatic carbocycles. The van der Waals surface area contributed by atoms with E-state index in [-0.39, 0.29) is 11.6 Å². The summed E-state index contributed by atoms with van der Waals surface area (Å²) in [5.74, 6) is 0.783. The van der Waals surface area contributed by atoms with Crippen molar-refractivity contribution in [3.63, 3.8) is 0 Å². The third-order valence-electron chi connectivity index (χ3n) is 4.44. The molecule has 1 amide bonds. The van der Waals surface area contributed by atoms with Gasteiger partial charge in [-0.05, 0) is 30.5 Å². The molecule has 1 aliphatic rings. The number of H-pyrrole nitrogens is 1. The number of rotatable bonds is 4. The van der Waals surface area contributed by atoms with E-state index in [1.807, 2.05) is 18.2 Å². The van der Waals surface area contributed by atoms with Crippen LogP contribution in [0, 0.1) is 5.92 Å². The fraction of sp³-hybridized carbons (Fsp3) is 0.500. The van der Waals surface area contributed by atoms with Gasteiger partial charge in [-0.2, -0.15) is 0 Å². The molecule has 0 bridgehead atoms. The van der Waals surface area contributed by atoms with E-state index in [2.05, 4.69) is 10.3 Å². The number of hydrogen-bond donors (Lipinski definition) is 2. The Bertz CT molecular complexity index is 708. The van der Waals surface area contributed by atoms with Crippen LogP contribution in [0.4, 0.5) is 5.69 Å². The van der Waals surface area contributed by atoms with E-state index in [4.69, 9.17) is 0 Å². The summed E-state index contributed by atoms with van der Waals surface area (Å²) in [6, 6.07) is 5.48. The zero-order valence-corrected chi connectivity index (χ0v) is 12.3. The molecule has 5 nitrogen and oxygen atoms in total. The molecule has 2 aromatic rings. The van der Waals surface area contributed by atoms with E-state index in [1.54, 1.807) is 11.6 Å². The molecule has 0 radical (unpaired) electrons. The Morgan fingerprint density at radius 1 is 1.38 bits per heavy atom. The molecule has 1 aromatic heterocycles. The van der Waals surface area contributed by atoms with Gasteiger partial charge in [0.2, 0.25) is 5.91 Å². The van der Waals surface area contributed by atoms with Gasteiger partial charge >= 0.3 is 5.69 Å². The van der Waals surface area contributed by atoms with Crippen molar-refractivity contribution in [3.8, 4) is 0 Å². The monoisotopic (exact) mass is 287 g/mol. The molecule has 1 aromatic carbocycles. The van der Waals surface area contributed by atoms with Gasteiger partial charge in [0.1, 0.15) is 0 Å². The Labute approximate surface area is 123 Å². The predicted molar refractivity (Wildman–Crippen MR) is 83.4 cm³/mol. The first-order chi connectivity index (χ1) is 10.1. The van der Waals surface area contributed by atoms with Gasteiger partial charge in [0.05, 0.1) is 11.0 Å². The lowest BCUT2D eigenvalue weighted by atomic mass is 10.0. The van der Waals surface area contributed by atoms with Crippen LogP contribution >= 0.6 is 0 Å². The molecule has 0 unspecified atom stereocenters. The second-order valence-electron chi connectivity index (χ2n) is 5.96. The second kappa shape index (κ2) is 5.76. The number of aryl methyl sites for hydroxylation is 1. The average Bonchev–Trinajstić information content (AvgIpc) is 3.07. The van der Waals surface area contributed by atoms with Crippen LogP contribution in [0.15, 0.2) is 23.0 Å². The minimum absolute atomic E-state index is 0.0572. The van der Waals surface area contributed by atoms with Crippen LogP contribution in [0.3, 0.4) is 0 Å². The lowest BCUT2D eigenvalue weighted by Crippen LogP contribution is -2.13. The van der Waals surface area contributed by atoms with Crippen LogP contribution < -0.4 is 11.0 Å². The van der Waals surface area contributed by atoms with Crippen molar-refractivity contribution in [1.82, 2.24) is 9.55 Å². The number of nitrogens with zero attached hydrogens (tertiary/aromatic N) is 1. The third-order valence-corrected chi connectivity index (χ3v) is 4.44. The van der Waals surface area contributed by atoms with Gasteiger partial charge in [-0.25, -0.2) is 4.79 Å². The quantitative estimate of drug-likeness (QED) is 0.908. The minimum atomic E-state index is -0.144. The van der Waals surface area contributed by atoms with Crippen LogP contribution in [0.25, 0.3) is 11.0 Å². The predicted octanol–water partition coefficient (Wildman–Crippen LogP) is 2.78. The molecule has 0 spiro atoms. The highest BCUT2D eigenvalue weighted by molar-refractivity contribution is 5.93. The van der Waals surface area contributed by atoms with Crippen molar-refractivity contribution < 1.29 is 4.79 Å². The number of benzene rings is 1. The number of fused-ring (bicyclic) bond motifs is 1. The number of carbonyl (C=O) groups excluding carboxylic acids is 1. The van der Waals surface area contributed by atoms with E-state index in [0.29, 0.717) is 6.42 Å². The molecule has 3 rings (SSSR count). The molecule has 1 heterocycles. The van der Waals surface area contributed by atoms with Crippen LogP contribution in [0.2, 0.25) is 0 Å². The topological polar surface area (TPSA) is 66.9 Å². The first-order valence-electron chi connectivity index (χ1n) is 7.62. The number of hydrogen-bond acceptors (Lipinski definition) is 2. The number of carbonyl (C=O) groups is 1. The van der Waals surface area contributed by atoms with Gasteiger partial charge in [-0.1, -0.05) is 25.7 Å². The maximum Gasteiger partial charge on any atom is 0.326 e.